The summed E-state index contributed by atoms with van der Waals surface area (Å²) in [5.74, 6) is 0. The summed E-state index contributed by atoms with van der Waals surface area (Å²) >= 11 is 0. The topological polar surface area (TPSA) is 55.8 Å². The van der Waals surface area contributed by atoms with Crippen molar-refractivity contribution in [2.24, 2.45) is 0 Å². The van der Waals surface area contributed by atoms with Crippen molar-refractivity contribution < 1.29 is 9.90 Å². The number of nitrogens with one attached hydrogen (secondary N) is 1. The van der Waals surface area contributed by atoms with Gasteiger partial charge in [0.05, 0.1) is 6.10 Å². The third kappa shape index (κ3) is 3.98. The van der Waals surface area contributed by atoms with Gasteiger partial charge in [0.25, 0.3) is 0 Å². The number of urea groups is 1. The Hall–Kier alpha value is -0.810. The van der Waals surface area contributed by atoms with Crippen LogP contribution in [0.5, 0.6) is 0 Å². The number of nitrogens with zero attached hydrogens (tertiary/aromatic N) is 2. The Morgan fingerprint density at radius 1 is 1.31 bits per heavy atom. The lowest BCUT2D eigenvalue weighted by molar-refractivity contribution is 0.0793. The molecule has 94 valence electrons. The number of aliphatic hydroxyl groups is 1. The lowest BCUT2D eigenvalue weighted by Crippen LogP contribution is -2.52. The number of hydrogen-bond donors (Lipinski definition) is 2. The quantitative estimate of drug-likeness (QED) is 0.719. The van der Waals surface area contributed by atoms with E-state index in [4.69, 9.17) is 0 Å². The van der Waals surface area contributed by atoms with Gasteiger partial charge in [-0.2, -0.15) is 0 Å². The number of hydrogen-bond acceptors (Lipinski definition) is 3. The molecule has 0 spiro atoms. The van der Waals surface area contributed by atoms with Crippen LogP contribution >= 0.6 is 0 Å². The zero-order valence-corrected chi connectivity index (χ0v) is 10.3. The monoisotopic (exact) mass is 229 g/mol. The Bertz CT molecular complexity index is 215. The van der Waals surface area contributed by atoms with Crippen molar-refractivity contribution in [1.29, 1.82) is 0 Å². The molecule has 5 nitrogen and oxygen atoms in total. The van der Waals surface area contributed by atoms with Gasteiger partial charge < -0.3 is 15.3 Å². The van der Waals surface area contributed by atoms with Crippen molar-refractivity contribution in [3.8, 4) is 0 Å². The molecule has 0 radical (unpaired) electrons. The first-order valence-electron chi connectivity index (χ1n) is 6.10. The maximum atomic E-state index is 11.5. The molecule has 1 aliphatic heterocycles. The van der Waals surface area contributed by atoms with E-state index in [1.807, 2.05) is 18.7 Å². The average Bonchev–Trinajstić information content (AvgIpc) is 2.30. The van der Waals surface area contributed by atoms with Gasteiger partial charge in [-0.25, -0.2) is 4.79 Å². The number of aliphatic hydroxyl groups excluding tert-OH is 1. The molecule has 0 bridgehead atoms. The van der Waals surface area contributed by atoms with E-state index < -0.39 is 0 Å². The normalized spacial score (nSPS) is 19.6. The Morgan fingerprint density at radius 2 is 1.94 bits per heavy atom. The van der Waals surface area contributed by atoms with Crippen LogP contribution in [-0.2, 0) is 0 Å². The van der Waals surface area contributed by atoms with E-state index in [0.29, 0.717) is 6.54 Å². The smallest absolute Gasteiger partial charge is 0.317 e. The van der Waals surface area contributed by atoms with Crippen LogP contribution in [0.2, 0.25) is 0 Å². The van der Waals surface area contributed by atoms with E-state index >= 15 is 0 Å². The van der Waals surface area contributed by atoms with Crippen molar-refractivity contribution in [3.63, 3.8) is 0 Å². The van der Waals surface area contributed by atoms with E-state index in [1.54, 1.807) is 0 Å². The fourth-order valence-electron chi connectivity index (χ4n) is 1.82. The molecule has 0 unspecified atom stereocenters. The molecule has 0 aromatic carbocycles. The molecule has 1 heterocycles. The Labute approximate surface area is 97.4 Å². The minimum Gasteiger partial charge on any atom is -0.392 e. The predicted octanol–water partition coefficient (Wildman–Crippen LogP) is 0.104. The van der Waals surface area contributed by atoms with Gasteiger partial charge in [0.15, 0.2) is 0 Å². The van der Waals surface area contributed by atoms with Crippen LogP contribution in [-0.4, -0.2) is 66.3 Å². The van der Waals surface area contributed by atoms with Crippen molar-refractivity contribution in [1.82, 2.24) is 15.1 Å². The van der Waals surface area contributed by atoms with E-state index in [1.165, 1.54) is 0 Å². The predicted molar refractivity (Wildman–Crippen MR) is 63.4 cm³/mol. The molecule has 1 fully saturated rings. The zero-order chi connectivity index (χ0) is 12.0. The standard InChI is InChI=1S/C11H23N3O2/c1-3-10(15)9-13-5-7-14(8-6-13)11(16)12-4-2/h10,15H,3-9H2,1-2H3,(H,12,16)/t10-/m1/s1. The van der Waals surface area contributed by atoms with Gasteiger partial charge in [-0.15, -0.1) is 0 Å². The largest absolute Gasteiger partial charge is 0.392 e. The molecule has 1 aliphatic rings. The Balaban J connectivity index is 2.25. The molecule has 0 aromatic heterocycles. The maximum Gasteiger partial charge on any atom is 0.317 e. The van der Waals surface area contributed by atoms with Crippen LogP contribution < -0.4 is 5.32 Å². The molecule has 2 N–H and O–H groups in total. The number of rotatable bonds is 4. The highest BCUT2D eigenvalue weighted by molar-refractivity contribution is 5.74. The van der Waals surface area contributed by atoms with Gasteiger partial charge in [0.1, 0.15) is 0 Å². The lowest BCUT2D eigenvalue weighted by Gasteiger charge is -2.35. The van der Waals surface area contributed by atoms with Gasteiger partial charge in [-0.1, -0.05) is 6.92 Å². The summed E-state index contributed by atoms with van der Waals surface area (Å²) in [5.41, 5.74) is 0. The first-order chi connectivity index (χ1) is 7.67. The third-order valence-corrected chi connectivity index (χ3v) is 2.93. The molecular weight excluding hydrogens is 206 g/mol. The van der Waals surface area contributed by atoms with Crippen LogP contribution in [0.4, 0.5) is 4.79 Å². The van der Waals surface area contributed by atoms with Crippen molar-refractivity contribution in [3.05, 3.63) is 0 Å². The summed E-state index contributed by atoms with van der Waals surface area (Å²) in [6.07, 6.45) is 0.548. The molecule has 16 heavy (non-hydrogen) atoms. The van der Waals surface area contributed by atoms with Crippen LogP contribution in [0, 0.1) is 0 Å². The SMILES string of the molecule is CCNC(=O)N1CCN(C[C@H](O)CC)CC1. The summed E-state index contributed by atoms with van der Waals surface area (Å²) in [5, 5.41) is 12.3. The Kier molecular flexibility index (Phi) is 5.55. The number of carbonyl (C=O) groups excluding carboxylic acids is 1. The molecule has 5 heteroatoms. The van der Waals surface area contributed by atoms with E-state index in [-0.39, 0.29) is 12.1 Å². The number of β-amino-alcohol motifs (C(OH)–C–C–N with tert-alkyl or cyclic N) is 1. The van der Waals surface area contributed by atoms with Crippen LogP contribution in [0.15, 0.2) is 0 Å². The van der Waals surface area contributed by atoms with Crippen molar-refractivity contribution >= 4 is 6.03 Å². The number of carbonyl (C=O) groups is 1. The summed E-state index contributed by atoms with van der Waals surface area (Å²) in [6, 6.07) is 0.0261. The molecule has 2 amide bonds. The molecule has 1 atom stereocenters. The second-order valence-corrected chi connectivity index (χ2v) is 4.19. The highest BCUT2D eigenvalue weighted by Crippen LogP contribution is 2.04. The Morgan fingerprint density at radius 3 is 2.44 bits per heavy atom. The summed E-state index contributed by atoms with van der Waals surface area (Å²) in [6.45, 7) is 8.52. The first-order valence-corrected chi connectivity index (χ1v) is 6.10. The van der Waals surface area contributed by atoms with Gasteiger partial charge in [-0.3, -0.25) is 4.90 Å². The minimum absolute atomic E-state index is 0.0261. The zero-order valence-electron chi connectivity index (χ0n) is 10.3. The van der Waals surface area contributed by atoms with Crippen LogP contribution in [0.3, 0.4) is 0 Å². The second kappa shape index (κ2) is 6.70. The number of piperazine rings is 1. The summed E-state index contributed by atoms with van der Waals surface area (Å²) < 4.78 is 0. The van der Waals surface area contributed by atoms with E-state index in [9.17, 15) is 9.90 Å². The highest BCUT2D eigenvalue weighted by atomic mass is 16.3. The number of amides is 2. The second-order valence-electron chi connectivity index (χ2n) is 4.19. The molecular formula is C11H23N3O2. The van der Waals surface area contributed by atoms with Gasteiger partial charge in [0.2, 0.25) is 0 Å². The summed E-state index contributed by atoms with van der Waals surface area (Å²) in [4.78, 5) is 15.6. The fourth-order valence-corrected chi connectivity index (χ4v) is 1.82. The first kappa shape index (κ1) is 13.3. The molecule has 0 aromatic rings. The molecule has 0 aliphatic carbocycles. The molecule has 1 saturated heterocycles. The van der Waals surface area contributed by atoms with E-state index in [0.717, 1.165) is 39.1 Å². The highest BCUT2D eigenvalue weighted by Gasteiger charge is 2.21. The average molecular weight is 229 g/mol. The van der Waals surface area contributed by atoms with Crippen LogP contribution in [0.25, 0.3) is 0 Å². The molecule has 1 rings (SSSR count). The van der Waals surface area contributed by atoms with Gasteiger partial charge in [0, 0.05) is 39.3 Å². The maximum absolute atomic E-state index is 11.5. The van der Waals surface area contributed by atoms with Crippen molar-refractivity contribution in [2.45, 2.75) is 26.4 Å². The van der Waals surface area contributed by atoms with Crippen molar-refractivity contribution in [2.75, 3.05) is 39.3 Å². The van der Waals surface area contributed by atoms with Gasteiger partial charge >= 0.3 is 6.03 Å². The lowest BCUT2D eigenvalue weighted by atomic mass is 10.2. The third-order valence-electron chi connectivity index (χ3n) is 2.93. The minimum atomic E-state index is -0.240. The van der Waals surface area contributed by atoms with E-state index in [2.05, 4.69) is 10.2 Å². The fraction of sp³-hybridized carbons (Fsp3) is 0.909. The summed E-state index contributed by atoms with van der Waals surface area (Å²) in [7, 11) is 0. The van der Waals surface area contributed by atoms with Crippen LogP contribution in [0.1, 0.15) is 20.3 Å². The van der Waals surface area contributed by atoms with Gasteiger partial charge in [-0.05, 0) is 13.3 Å². The molecule has 0 saturated carbocycles.